The topological polar surface area (TPSA) is 98.3 Å². The second-order valence-corrected chi connectivity index (χ2v) is 7.00. The van der Waals surface area contributed by atoms with Gasteiger partial charge in [0, 0.05) is 12.6 Å². The average molecular weight is 381 g/mol. The Morgan fingerprint density at radius 3 is 2.62 bits per heavy atom. The molecule has 0 amide bonds. The van der Waals surface area contributed by atoms with Crippen molar-refractivity contribution in [1.29, 1.82) is 0 Å². The highest BCUT2D eigenvalue weighted by molar-refractivity contribution is 5.76. The van der Waals surface area contributed by atoms with Gasteiger partial charge in [-0.3, -0.25) is 0 Å². The Labute approximate surface area is 167 Å². The zero-order chi connectivity index (χ0) is 19.6. The molecule has 0 saturated carbocycles. The Morgan fingerprint density at radius 2 is 1.72 bits per heavy atom. The van der Waals surface area contributed by atoms with Crippen LogP contribution in [0.2, 0.25) is 0 Å². The zero-order valence-corrected chi connectivity index (χ0v) is 15.7. The number of hydrogen-bond acceptors (Lipinski definition) is 5. The monoisotopic (exact) mass is 381 g/mol. The molecule has 7 nitrogen and oxygen atoms in total. The van der Waals surface area contributed by atoms with E-state index in [0.29, 0.717) is 17.9 Å². The van der Waals surface area contributed by atoms with Crippen molar-refractivity contribution in [2.75, 3.05) is 5.73 Å². The molecule has 3 N–H and O–H groups in total. The van der Waals surface area contributed by atoms with E-state index in [1.54, 1.807) is 0 Å². The van der Waals surface area contributed by atoms with E-state index in [-0.39, 0.29) is 0 Å². The molecular weight excluding hydrogens is 362 g/mol. The van der Waals surface area contributed by atoms with Crippen LogP contribution in [0.4, 0.5) is 5.82 Å². The third kappa shape index (κ3) is 3.58. The van der Waals surface area contributed by atoms with Crippen LogP contribution in [0.3, 0.4) is 0 Å². The van der Waals surface area contributed by atoms with E-state index in [9.17, 15) is 0 Å². The minimum absolute atomic E-state index is 0.433. The number of anilines is 1. The molecule has 0 unspecified atom stereocenters. The molecule has 29 heavy (non-hydrogen) atoms. The van der Waals surface area contributed by atoms with Gasteiger partial charge in [0.2, 0.25) is 5.65 Å². The van der Waals surface area contributed by atoms with Gasteiger partial charge in [0.15, 0.2) is 0 Å². The van der Waals surface area contributed by atoms with Crippen LogP contribution in [0.15, 0.2) is 73.1 Å². The molecule has 0 bridgehead atoms. The third-order valence-electron chi connectivity index (χ3n) is 4.85. The molecule has 142 valence electrons. The first kappa shape index (κ1) is 17.1. The highest BCUT2D eigenvalue weighted by atomic mass is 15.3. The van der Waals surface area contributed by atoms with E-state index in [0.717, 1.165) is 28.8 Å². The summed E-state index contributed by atoms with van der Waals surface area (Å²) in [7, 11) is 0. The number of fused-ring (bicyclic) bond motifs is 1. The van der Waals surface area contributed by atoms with Crippen molar-refractivity contribution >= 4 is 17.0 Å². The number of nitrogens with two attached hydrogens (primary N) is 1. The predicted octanol–water partition coefficient (Wildman–Crippen LogP) is 3.30. The van der Waals surface area contributed by atoms with Crippen molar-refractivity contribution in [3.8, 4) is 5.69 Å². The number of hydrogen-bond donors (Lipinski definition) is 2. The SMILES string of the molecule is Nc1cc(Cc2cnn(-c3cccc(Cc4ccccc4)c3)c2)c2n[nH]nc2n1. The van der Waals surface area contributed by atoms with Gasteiger partial charge in [-0.15, -0.1) is 5.10 Å². The summed E-state index contributed by atoms with van der Waals surface area (Å²) in [5.41, 5.74) is 12.8. The number of nitrogens with zero attached hydrogens (tertiary/aromatic N) is 5. The molecular formula is C22H19N7. The summed E-state index contributed by atoms with van der Waals surface area (Å²) >= 11 is 0. The zero-order valence-electron chi connectivity index (χ0n) is 15.7. The third-order valence-corrected chi connectivity index (χ3v) is 4.85. The molecule has 0 atom stereocenters. The Hall–Kier alpha value is -4.00. The lowest BCUT2D eigenvalue weighted by molar-refractivity contribution is 0.877. The summed E-state index contributed by atoms with van der Waals surface area (Å²) in [4.78, 5) is 4.19. The van der Waals surface area contributed by atoms with Crippen LogP contribution in [-0.2, 0) is 12.8 Å². The lowest BCUT2D eigenvalue weighted by atomic mass is 10.0. The van der Waals surface area contributed by atoms with Crippen LogP contribution >= 0.6 is 0 Å². The maximum Gasteiger partial charge on any atom is 0.203 e. The Bertz CT molecular complexity index is 1270. The summed E-state index contributed by atoms with van der Waals surface area (Å²) < 4.78 is 1.90. The van der Waals surface area contributed by atoms with Crippen LogP contribution in [0, 0.1) is 0 Å². The number of aromatic nitrogens is 6. The maximum atomic E-state index is 5.90. The fourth-order valence-corrected chi connectivity index (χ4v) is 3.51. The highest BCUT2D eigenvalue weighted by Crippen LogP contribution is 2.20. The van der Waals surface area contributed by atoms with Crippen molar-refractivity contribution in [1.82, 2.24) is 30.2 Å². The van der Waals surface area contributed by atoms with Gasteiger partial charge in [-0.25, -0.2) is 9.67 Å². The fraction of sp³-hybridized carbons (Fsp3) is 0.0909. The normalized spacial score (nSPS) is 11.2. The number of H-pyrrole nitrogens is 1. The van der Waals surface area contributed by atoms with Crippen molar-refractivity contribution < 1.29 is 0 Å². The second kappa shape index (κ2) is 7.20. The van der Waals surface area contributed by atoms with Crippen molar-refractivity contribution in [3.05, 3.63) is 95.3 Å². The van der Waals surface area contributed by atoms with Gasteiger partial charge in [0.05, 0.1) is 11.9 Å². The van der Waals surface area contributed by atoms with Gasteiger partial charge >= 0.3 is 0 Å². The van der Waals surface area contributed by atoms with E-state index in [4.69, 9.17) is 5.73 Å². The van der Waals surface area contributed by atoms with Crippen LogP contribution in [-0.4, -0.2) is 30.2 Å². The fourth-order valence-electron chi connectivity index (χ4n) is 3.51. The van der Waals surface area contributed by atoms with Crippen molar-refractivity contribution in [2.24, 2.45) is 0 Å². The summed E-state index contributed by atoms with van der Waals surface area (Å²) in [6, 6.07) is 20.7. The molecule has 2 aromatic carbocycles. The van der Waals surface area contributed by atoms with Crippen LogP contribution in [0.5, 0.6) is 0 Å². The smallest absolute Gasteiger partial charge is 0.203 e. The van der Waals surface area contributed by atoms with E-state index >= 15 is 0 Å². The number of rotatable bonds is 5. The summed E-state index contributed by atoms with van der Waals surface area (Å²) in [5.74, 6) is 0.433. The molecule has 0 saturated heterocycles. The molecule has 5 rings (SSSR count). The summed E-state index contributed by atoms with van der Waals surface area (Å²) in [6.07, 6.45) is 5.44. The first-order valence-corrected chi connectivity index (χ1v) is 9.37. The van der Waals surface area contributed by atoms with Gasteiger partial charge in [0.25, 0.3) is 0 Å². The van der Waals surface area contributed by atoms with E-state index in [2.05, 4.69) is 74.0 Å². The number of pyridine rings is 1. The van der Waals surface area contributed by atoms with E-state index in [1.165, 1.54) is 11.1 Å². The molecule has 0 aliphatic heterocycles. The van der Waals surface area contributed by atoms with Crippen molar-refractivity contribution in [2.45, 2.75) is 12.8 Å². The van der Waals surface area contributed by atoms with Gasteiger partial charge in [-0.1, -0.05) is 42.5 Å². The lowest BCUT2D eigenvalue weighted by Crippen LogP contribution is -1.97. The largest absolute Gasteiger partial charge is 0.384 e. The highest BCUT2D eigenvalue weighted by Gasteiger charge is 2.11. The van der Waals surface area contributed by atoms with Crippen LogP contribution in [0.25, 0.3) is 16.9 Å². The van der Waals surface area contributed by atoms with Gasteiger partial charge < -0.3 is 5.73 Å². The lowest BCUT2D eigenvalue weighted by Gasteiger charge is -2.06. The molecule has 0 spiro atoms. The molecule has 3 heterocycles. The Kier molecular flexibility index (Phi) is 4.25. The minimum Gasteiger partial charge on any atom is -0.384 e. The molecule has 0 radical (unpaired) electrons. The van der Waals surface area contributed by atoms with Gasteiger partial charge in [0.1, 0.15) is 11.3 Å². The first-order chi connectivity index (χ1) is 14.2. The number of nitrogen functional groups attached to an aromatic ring is 1. The average Bonchev–Trinajstić information content (AvgIpc) is 3.38. The van der Waals surface area contributed by atoms with Crippen LogP contribution in [0.1, 0.15) is 22.3 Å². The van der Waals surface area contributed by atoms with Crippen LogP contribution < -0.4 is 5.73 Å². The molecule has 3 aromatic heterocycles. The predicted molar refractivity (Wildman–Crippen MR) is 112 cm³/mol. The van der Waals surface area contributed by atoms with E-state index in [1.807, 2.05) is 29.2 Å². The van der Waals surface area contributed by atoms with E-state index < -0.39 is 0 Å². The maximum absolute atomic E-state index is 5.90. The molecule has 5 aromatic rings. The number of nitrogens with one attached hydrogen (secondary N) is 1. The Balaban J connectivity index is 1.40. The molecule has 7 heteroatoms. The van der Waals surface area contributed by atoms with Crippen molar-refractivity contribution in [3.63, 3.8) is 0 Å². The summed E-state index contributed by atoms with van der Waals surface area (Å²) in [5, 5.41) is 15.4. The number of benzene rings is 2. The van der Waals surface area contributed by atoms with Gasteiger partial charge in [-0.2, -0.15) is 15.4 Å². The molecule has 0 aliphatic rings. The second-order valence-electron chi connectivity index (χ2n) is 7.00. The first-order valence-electron chi connectivity index (χ1n) is 9.37. The van der Waals surface area contributed by atoms with Gasteiger partial charge in [-0.05, 0) is 46.9 Å². The molecule has 0 fully saturated rings. The molecule has 0 aliphatic carbocycles. The minimum atomic E-state index is 0.433. The quantitative estimate of drug-likeness (QED) is 0.487. The Morgan fingerprint density at radius 1 is 0.862 bits per heavy atom. The standard InChI is InChI=1S/C22H19N7/c23-20-12-18(21-22(25-20)27-28-26-21)10-17-13-24-29(14-17)19-8-4-7-16(11-19)9-15-5-2-1-3-6-15/h1-8,11-14H,9-10H2,(H3,23,25,26,27,28). The summed E-state index contributed by atoms with van der Waals surface area (Å²) in [6.45, 7) is 0. The number of aromatic amines is 1.